The summed E-state index contributed by atoms with van der Waals surface area (Å²) in [6.45, 7) is 20.7. The number of hydrogen-bond donors (Lipinski definition) is 1. The van der Waals surface area contributed by atoms with Crippen molar-refractivity contribution in [1.29, 1.82) is 0 Å². The van der Waals surface area contributed by atoms with E-state index in [1.807, 2.05) is 13.8 Å². The first kappa shape index (κ1) is 66.0. The third-order valence-corrected chi connectivity index (χ3v) is 15.4. The molecule has 0 rings (SSSR count). The lowest BCUT2D eigenvalue weighted by atomic mass is 10.1. The zero-order chi connectivity index (χ0) is 47.8. The van der Waals surface area contributed by atoms with Gasteiger partial charge in [0.05, 0.1) is 137 Å². The van der Waals surface area contributed by atoms with Crippen LogP contribution < -0.4 is 0 Å². The zero-order valence-corrected chi connectivity index (χ0v) is 45.3. The summed E-state index contributed by atoms with van der Waals surface area (Å²) in [5.41, 5.74) is 0. The fourth-order valence-corrected chi connectivity index (χ4v) is 10.2. The summed E-state index contributed by atoms with van der Waals surface area (Å²) >= 11 is 4.78. The van der Waals surface area contributed by atoms with Gasteiger partial charge in [-0.3, -0.25) is 0 Å². The van der Waals surface area contributed by atoms with Crippen LogP contribution in [-0.2, 0) is 60.6 Å². The van der Waals surface area contributed by atoms with Gasteiger partial charge in [0.2, 0.25) is 0 Å². The Morgan fingerprint density at radius 1 is 0.258 bits per heavy atom. The van der Waals surface area contributed by atoms with E-state index in [4.69, 9.17) is 73.3 Å². The third kappa shape index (κ3) is 49.0. The Hall–Kier alpha value is 0.0469. The van der Waals surface area contributed by atoms with Crippen LogP contribution in [0.1, 0.15) is 175 Å². The van der Waals surface area contributed by atoms with Gasteiger partial charge in [0.1, 0.15) is 0 Å². The Bertz CT molecular complexity index is 829. The summed E-state index contributed by atoms with van der Waals surface area (Å²) in [6.07, 6.45) is 30.4. The molecule has 0 aromatic heterocycles. The first-order valence-corrected chi connectivity index (χ1v) is 29.4. The summed E-state index contributed by atoms with van der Waals surface area (Å²) in [5.74, 6) is 0. The van der Waals surface area contributed by atoms with Gasteiger partial charge < -0.3 is 60.6 Å². The van der Waals surface area contributed by atoms with Crippen LogP contribution in [0.2, 0.25) is 0 Å². The monoisotopic (exact) mass is 987 g/mol. The Morgan fingerprint density at radius 3 is 0.697 bits per heavy atom. The molecule has 0 saturated heterocycles. The molecule has 0 amide bonds. The van der Waals surface area contributed by atoms with E-state index in [0.29, 0.717) is 139 Å². The maximum absolute atomic E-state index is 6.24. The standard InChI is InChI=1S/C51H106O13SSi/c1-5-9-11-13-15-17-19-21-23-25-27-29-52-31-33-54-35-37-56-39-41-58-43-45-60-47-49-63-66(62-8-4,51(65)7-3)64-50-48-61-46-44-59-42-40-57-38-36-55-34-32-53-30-28-26-24-22-20-18-16-14-12-10-6-2/h51,65H,5-50H2,1-4H3. The van der Waals surface area contributed by atoms with Crippen molar-refractivity contribution < 1.29 is 60.6 Å². The molecule has 0 N–H and O–H groups in total. The molecular weight excluding hydrogens is 881 g/mol. The van der Waals surface area contributed by atoms with Crippen molar-refractivity contribution in [2.24, 2.45) is 0 Å². The van der Waals surface area contributed by atoms with E-state index >= 15 is 0 Å². The molecule has 398 valence electrons. The molecule has 15 heteroatoms. The lowest BCUT2D eigenvalue weighted by Gasteiger charge is -2.33. The van der Waals surface area contributed by atoms with E-state index < -0.39 is 8.80 Å². The molecule has 13 nitrogen and oxygen atoms in total. The minimum Gasteiger partial charge on any atom is -0.379 e. The normalized spacial score (nSPS) is 12.5. The Morgan fingerprint density at radius 2 is 0.470 bits per heavy atom. The second-order valence-electron chi connectivity index (χ2n) is 16.9. The predicted molar refractivity (Wildman–Crippen MR) is 273 cm³/mol. The molecule has 0 aromatic rings. The number of ether oxygens (including phenoxy) is 10. The van der Waals surface area contributed by atoms with Gasteiger partial charge in [-0.1, -0.05) is 149 Å². The molecule has 0 aliphatic rings. The minimum atomic E-state index is -3.07. The van der Waals surface area contributed by atoms with Crippen molar-refractivity contribution in [3.05, 3.63) is 0 Å². The number of unbranched alkanes of at least 4 members (excludes halogenated alkanes) is 20. The lowest BCUT2D eigenvalue weighted by Crippen LogP contribution is -2.55. The third-order valence-electron chi connectivity index (χ3n) is 11.0. The molecule has 0 aliphatic carbocycles. The van der Waals surface area contributed by atoms with Gasteiger partial charge in [-0.25, -0.2) is 0 Å². The van der Waals surface area contributed by atoms with Gasteiger partial charge >= 0.3 is 8.80 Å². The molecule has 0 radical (unpaired) electrons. The average molecular weight is 988 g/mol. The Kier molecular flexibility index (Phi) is 57.7. The quantitative estimate of drug-likeness (QED) is 0.0354. The average Bonchev–Trinajstić information content (AvgIpc) is 3.33. The van der Waals surface area contributed by atoms with E-state index in [1.54, 1.807) is 0 Å². The van der Waals surface area contributed by atoms with Crippen molar-refractivity contribution in [3.63, 3.8) is 0 Å². The Labute approximate surface area is 412 Å². The largest absolute Gasteiger partial charge is 0.514 e. The van der Waals surface area contributed by atoms with Gasteiger partial charge in [-0.05, 0) is 26.2 Å². The van der Waals surface area contributed by atoms with Crippen molar-refractivity contribution >= 4 is 21.4 Å². The molecule has 0 fully saturated rings. The number of rotatable bonds is 60. The molecule has 0 aromatic carbocycles. The molecule has 0 spiro atoms. The van der Waals surface area contributed by atoms with Crippen molar-refractivity contribution in [1.82, 2.24) is 0 Å². The van der Waals surface area contributed by atoms with Crippen molar-refractivity contribution in [3.8, 4) is 0 Å². The number of hydrogen-bond acceptors (Lipinski definition) is 14. The summed E-state index contributed by atoms with van der Waals surface area (Å²) in [6, 6.07) is 0. The van der Waals surface area contributed by atoms with Crippen LogP contribution in [0.4, 0.5) is 0 Å². The molecule has 0 heterocycles. The van der Waals surface area contributed by atoms with Gasteiger partial charge in [0.25, 0.3) is 0 Å². The highest BCUT2D eigenvalue weighted by atomic mass is 32.1. The zero-order valence-electron chi connectivity index (χ0n) is 43.4. The first-order chi connectivity index (χ1) is 32.7. The minimum absolute atomic E-state index is 0.158. The molecule has 1 unspecified atom stereocenters. The SMILES string of the molecule is CCCCCCCCCCCCCOCCOCCOCCOCCOCCO[Si](OCC)(OCCOCCOCCOCCOCCOCCCCCCCCCCCCC)C(S)CC. The molecule has 0 saturated carbocycles. The maximum atomic E-state index is 6.24. The van der Waals surface area contributed by atoms with Crippen LogP contribution in [0.5, 0.6) is 0 Å². The van der Waals surface area contributed by atoms with Gasteiger partial charge in [-0.15, -0.1) is 0 Å². The number of thiol groups is 1. The summed E-state index contributed by atoms with van der Waals surface area (Å²) < 4.78 is 75.1. The van der Waals surface area contributed by atoms with E-state index in [-0.39, 0.29) is 4.87 Å². The van der Waals surface area contributed by atoms with Gasteiger partial charge in [-0.2, -0.15) is 12.6 Å². The molecular formula is C51H106O13SSi. The second kappa shape index (κ2) is 57.6. The van der Waals surface area contributed by atoms with Crippen molar-refractivity contribution in [2.45, 2.75) is 180 Å². The van der Waals surface area contributed by atoms with E-state index in [0.717, 1.165) is 32.5 Å². The molecule has 1 atom stereocenters. The topological polar surface area (TPSA) is 120 Å². The lowest BCUT2D eigenvalue weighted by molar-refractivity contribution is -0.0221. The van der Waals surface area contributed by atoms with Crippen LogP contribution >= 0.6 is 12.6 Å². The highest BCUT2D eigenvalue weighted by molar-refractivity contribution is 7.83. The fourth-order valence-electron chi connectivity index (χ4n) is 7.05. The highest BCUT2D eigenvalue weighted by Crippen LogP contribution is 2.22. The fraction of sp³-hybridized carbons (Fsp3) is 1.00. The van der Waals surface area contributed by atoms with Crippen LogP contribution in [0.25, 0.3) is 0 Å². The molecule has 0 aliphatic heterocycles. The van der Waals surface area contributed by atoms with E-state index in [1.165, 1.54) is 128 Å². The molecule has 0 bridgehead atoms. The van der Waals surface area contributed by atoms with Crippen LogP contribution in [0.3, 0.4) is 0 Å². The summed E-state index contributed by atoms with van der Waals surface area (Å²) in [4.78, 5) is -0.158. The predicted octanol–water partition coefficient (Wildman–Crippen LogP) is 11.0. The molecule has 66 heavy (non-hydrogen) atoms. The summed E-state index contributed by atoms with van der Waals surface area (Å²) in [5, 5.41) is 0. The van der Waals surface area contributed by atoms with E-state index in [9.17, 15) is 0 Å². The summed E-state index contributed by atoms with van der Waals surface area (Å²) in [7, 11) is -3.07. The van der Waals surface area contributed by atoms with E-state index in [2.05, 4.69) is 13.8 Å². The van der Waals surface area contributed by atoms with Crippen LogP contribution in [0, 0.1) is 0 Å². The second-order valence-corrected chi connectivity index (χ2v) is 20.7. The highest BCUT2D eigenvalue weighted by Gasteiger charge is 2.47. The maximum Gasteiger partial charge on any atom is 0.514 e. The smallest absolute Gasteiger partial charge is 0.379 e. The van der Waals surface area contributed by atoms with Gasteiger partial charge in [0.15, 0.2) is 0 Å². The van der Waals surface area contributed by atoms with Gasteiger partial charge in [0, 0.05) is 19.8 Å². The Balaban J connectivity index is 3.62. The van der Waals surface area contributed by atoms with Crippen LogP contribution in [-0.4, -0.2) is 166 Å². The van der Waals surface area contributed by atoms with Crippen molar-refractivity contribution in [2.75, 3.05) is 152 Å². The van der Waals surface area contributed by atoms with Crippen LogP contribution in [0.15, 0.2) is 0 Å². The first-order valence-electron chi connectivity index (χ1n) is 27.0.